The lowest BCUT2D eigenvalue weighted by Crippen LogP contribution is -2.32. The summed E-state index contributed by atoms with van der Waals surface area (Å²) >= 11 is 0. The average molecular weight is 293 g/mol. The molecule has 3 nitrogen and oxygen atoms in total. The first-order valence-corrected chi connectivity index (χ1v) is 8.59. The van der Waals surface area contributed by atoms with Crippen LogP contribution in [0.3, 0.4) is 0 Å². The van der Waals surface area contributed by atoms with E-state index < -0.39 is 0 Å². The Balaban J connectivity index is 1.42. The van der Waals surface area contributed by atoms with Gasteiger partial charge in [0.05, 0.1) is 11.6 Å². The normalized spacial score (nSPS) is 25.2. The smallest absolute Gasteiger partial charge is 0.0991 e. The third-order valence-corrected chi connectivity index (χ3v) is 5.44. The summed E-state index contributed by atoms with van der Waals surface area (Å²) in [7, 11) is 0. The number of benzene rings is 1. The molecule has 22 heavy (non-hydrogen) atoms. The van der Waals surface area contributed by atoms with Gasteiger partial charge in [-0.05, 0) is 61.4 Å². The van der Waals surface area contributed by atoms with Crippen molar-refractivity contribution in [2.45, 2.75) is 50.5 Å². The van der Waals surface area contributed by atoms with E-state index in [-0.39, 0.29) is 0 Å². The minimum atomic E-state index is 0.666. The van der Waals surface area contributed by atoms with E-state index in [0.29, 0.717) is 5.92 Å². The van der Waals surface area contributed by atoms with Crippen molar-refractivity contribution in [2.24, 2.45) is 5.92 Å². The van der Waals surface area contributed by atoms with Gasteiger partial charge in [-0.15, -0.1) is 0 Å². The van der Waals surface area contributed by atoms with Crippen LogP contribution in [0.5, 0.6) is 0 Å². The minimum absolute atomic E-state index is 0.666. The van der Waals surface area contributed by atoms with Gasteiger partial charge in [0.2, 0.25) is 0 Å². The summed E-state index contributed by atoms with van der Waals surface area (Å²) in [5.74, 6) is 1.44. The fourth-order valence-corrected chi connectivity index (χ4v) is 4.00. The molecule has 0 bridgehead atoms. The summed E-state index contributed by atoms with van der Waals surface area (Å²) in [5, 5.41) is 14.1. The van der Waals surface area contributed by atoms with Crippen LogP contribution in [0.15, 0.2) is 24.4 Å². The zero-order valence-corrected chi connectivity index (χ0v) is 12.9. The number of aromatic nitrogens is 1. The van der Waals surface area contributed by atoms with E-state index in [4.69, 9.17) is 5.26 Å². The Morgan fingerprint density at radius 3 is 2.91 bits per heavy atom. The molecule has 3 heteroatoms. The van der Waals surface area contributed by atoms with Crippen molar-refractivity contribution in [3.63, 3.8) is 0 Å². The molecule has 2 atom stereocenters. The SMILES string of the molecule is N#Cc1ccc2[nH]cc(C3CC3CNC3CCCCC3)c2c1. The van der Waals surface area contributed by atoms with Gasteiger partial charge in [0, 0.05) is 23.1 Å². The number of aromatic amines is 1. The maximum absolute atomic E-state index is 9.09. The van der Waals surface area contributed by atoms with Crippen LogP contribution in [0.4, 0.5) is 0 Å². The van der Waals surface area contributed by atoms with Crippen molar-refractivity contribution in [2.75, 3.05) is 6.54 Å². The number of rotatable bonds is 4. The van der Waals surface area contributed by atoms with E-state index in [9.17, 15) is 0 Å². The van der Waals surface area contributed by atoms with Crippen molar-refractivity contribution < 1.29 is 0 Å². The minimum Gasteiger partial charge on any atom is -0.361 e. The molecule has 2 aliphatic rings. The first-order valence-electron chi connectivity index (χ1n) is 8.59. The molecule has 2 saturated carbocycles. The summed E-state index contributed by atoms with van der Waals surface area (Å²) < 4.78 is 0. The van der Waals surface area contributed by atoms with Crippen molar-refractivity contribution in [1.82, 2.24) is 10.3 Å². The second-order valence-electron chi connectivity index (χ2n) is 6.96. The Kier molecular flexibility index (Phi) is 3.63. The van der Waals surface area contributed by atoms with Crippen LogP contribution in [0, 0.1) is 17.2 Å². The van der Waals surface area contributed by atoms with Crippen LogP contribution < -0.4 is 5.32 Å². The van der Waals surface area contributed by atoms with E-state index >= 15 is 0 Å². The number of hydrogen-bond donors (Lipinski definition) is 2. The van der Waals surface area contributed by atoms with Crippen LogP contribution in [0.25, 0.3) is 10.9 Å². The van der Waals surface area contributed by atoms with E-state index in [0.717, 1.165) is 29.6 Å². The Morgan fingerprint density at radius 2 is 2.09 bits per heavy atom. The lowest BCUT2D eigenvalue weighted by atomic mass is 9.95. The highest BCUT2D eigenvalue weighted by molar-refractivity contribution is 5.85. The monoisotopic (exact) mass is 293 g/mol. The maximum Gasteiger partial charge on any atom is 0.0991 e. The number of hydrogen-bond acceptors (Lipinski definition) is 2. The second-order valence-corrected chi connectivity index (χ2v) is 6.96. The zero-order valence-electron chi connectivity index (χ0n) is 12.9. The van der Waals surface area contributed by atoms with Gasteiger partial charge in [-0.3, -0.25) is 0 Å². The average Bonchev–Trinajstić information content (AvgIpc) is 3.23. The predicted molar refractivity (Wildman–Crippen MR) is 88.7 cm³/mol. The molecule has 2 aliphatic carbocycles. The lowest BCUT2D eigenvalue weighted by molar-refractivity contribution is 0.368. The largest absolute Gasteiger partial charge is 0.361 e. The third-order valence-electron chi connectivity index (χ3n) is 5.44. The summed E-state index contributed by atoms with van der Waals surface area (Å²) in [6, 6.07) is 8.94. The van der Waals surface area contributed by atoms with Crippen molar-refractivity contribution in [3.05, 3.63) is 35.5 Å². The Bertz CT molecular complexity index is 703. The molecule has 2 fully saturated rings. The van der Waals surface area contributed by atoms with E-state index in [1.54, 1.807) is 0 Å². The van der Waals surface area contributed by atoms with Gasteiger partial charge >= 0.3 is 0 Å². The van der Waals surface area contributed by atoms with Crippen LogP contribution in [-0.4, -0.2) is 17.6 Å². The van der Waals surface area contributed by atoms with E-state index in [1.165, 1.54) is 49.5 Å². The number of nitriles is 1. The Morgan fingerprint density at radius 1 is 1.23 bits per heavy atom. The van der Waals surface area contributed by atoms with Gasteiger partial charge in [0.25, 0.3) is 0 Å². The fraction of sp³-hybridized carbons (Fsp3) is 0.526. The third kappa shape index (κ3) is 2.64. The molecule has 0 spiro atoms. The molecule has 2 N–H and O–H groups in total. The Labute approximate surface area is 131 Å². The molecule has 4 rings (SSSR count). The van der Waals surface area contributed by atoms with Gasteiger partial charge in [0.1, 0.15) is 0 Å². The fourth-order valence-electron chi connectivity index (χ4n) is 4.00. The van der Waals surface area contributed by atoms with E-state index in [2.05, 4.69) is 22.6 Å². The Hall–Kier alpha value is -1.79. The molecule has 2 unspecified atom stereocenters. The highest BCUT2D eigenvalue weighted by atomic mass is 14.9. The topological polar surface area (TPSA) is 51.6 Å². The molecule has 0 amide bonds. The van der Waals surface area contributed by atoms with Gasteiger partial charge in [-0.25, -0.2) is 0 Å². The van der Waals surface area contributed by atoms with Crippen molar-refractivity contribution >= 4 is 10.9 Å². The quantitative estimate of drug-likeness (QED) is 0.893. The molecule has 1 heterocycles. The number of H-pyrrole nitrogens is 1. The van der Waals surface area contributed by atoms with Crippen LogP contribution in [0.2, 0.25) is 0 Å². The van der Waals surface area contributed by atoms with Crippen LogP contribution in [-0.2, 0) is 0 Å². The van der Waals surface area contributed by atoms with Gasteiger partial charge in [-0.2, -0.15) is 5.26 Å². The summed E-state index contributed by atoms with van der Waals surface area (Å²) in [6.45, 7) is 1.15. The van der Waals surface area contributed by atoms with Gasteiger partial charge < -0.3 is 10.3 Å². The van der Waals surface area contributed by atoms with Gasteiger partial charge in [-0.1, -0.05) is 19.3 Å². The molecular weight excluding hydrogens is 270 g/mol. The lowest BCUT2D eigenvalue weighted by Gasteiger charge is -2.22. The number of nitrogens with zero attached hydrogens (tertiary/aromatic N) is 1. The molecule has 1 aromatic carbocycles. The summed E-state index contributed by atoms with van der Waals surface area (Å²) in [6.07, 6.45) is 10.4. The standard InChI is InChI=1S/C19H23N3/c20-10-13-6-7-19-17(8-13)18(12-22-19)16-9-14(16)11-21-15-4-2-1-3-5-15/h6-8,12,14-16,21-22H,1-5,9,11H2. The van der Waals surface area contributed by atoms with Crippen LogP contribution in [0.1, 0.15) is 55.6 Å². The number of nitrogens with one attached hydrogen (secondary N) is 2. The van der Waals surface area contributed by atoms with Crippen molar-refractivity contribution in [3.8, 4) is 6.07 Å². The highest BCUT2D eigenvalue weighted by Crippen LogP contribution is 2.49. The molecule has 0 radical (unpaired) electrons. The number of fused-ring (bicyclic) bond motifs is 1. The summed E-state index contributed by atoms with van der Waals surface area (Å²) in [5.41, 5.74) is 3.31. The molecule has 2 aromatic rings. The molecule has 0 aliphatic heterocycles. The van der Waals surface area contributed by atoms with Gasteiger partial charge in [0.15, 0.2) is 0 Å². The molecular formula is C19H23N3. The zero-order chi connectivity index (χ0) is 14.9. The van der Waals surface area contributed by atoms with E-state index in [1.807, 2.05) is 18.2 Å². The summed E-state index contributed by atoms with van der Waals surface area (Å²) in [4.78, 5) is 3.36. The predicted octanol–water partition coefficient (Wildman–Crippen LogP) is 4.07. The second kappa shape index (κ2) is 5.78. The molecule has 0 saturated heterocycles. The van der Waals surface area contributed by atoms with Crippen LogP contribution >= 0.6 is 0 Å². The molecule has 1 aromatic heterocycles. The van der Waals surface area contributed by atoms with Crippen molar-refractivity contribution in [1.29, 1.82) is 5.26 Å². The first-order chi connectivity index (χ1) is 10.8. The molecule has 114 valence electrons. The maximum atomic E-state index is 9.09. The first kappa shape index (κ1) is 13.8. The highest BCUT2D eigenvalue weighted by Gasteiger charge is 2.39.